The molecule has 2 N–H and O–H groups in total. The van der Waals surface area contributed by atoms with Crippen molar-refractivity contribution >= 4 is 41.5 Å². The molecule has 1 saturated carbocycles. The summed E-state index contributed by atoms with van der Waals surface area (Å²) in [6, 6.07) is 7.71. The van der Waals surface area contributed by atoms with Crippen LogP contribution < -0.4 is 10.6 Å². The van der Waals surface area contributed by atoms with Gasteiger partial charge < -0.3 is 10.6 Å². The van der Waals surface area contributed by atoms with Crippen molar-refractivity contribution in [3.05, 3.63) is 34.9 Å². The minimum absolute atomic E-state index is 0. The number of alkyl halides is 3. The van der Waals surface area contributed by atoms with E-state index < -0.39 is 12.6 Å². The molecule has 1 fully saturated rings. The van der Waals surface area contributed by atoms with Crippen LogP contribution in [0.5, 0.6) is 0 Å². The molecule has 130 valence electrons. The molecule has 1 aliphatic rings. The fraction of sp³-hybridized carbons (Fsp3) is 0.533. The first-order chi connectivity index (χ1) is 10.3. The van der Waals surface area contributed by atoms with Crippen molar-refractivity contribution in [2.75, 3.05) is 20.1 Å². The standard InChI is InChI=1S/C15H19ClF3N3.HI/c1-20-13(21-8-7-15(17,18)19)22-10-14(5-6-14)11-3-2-4-12(16)9-11;/h2-4,9H,5-8,10H2,1H3,(H2,20,21,22);1H. The quantitative estimate of drug-likeness (QED) is 0.393. The zero-order valence-corrected chi connectivity index (χ0v) is 15.8. The van der Waals surface area contributed by atoms with Crippen LogP contribution in [0.1, 0.15) is 24.8 Å². The molecule has 0 atom stereocenters. The molecule has 2 rings (SSSR count). The van der Waals surface area contributed by atoms with Crippen molar-refractivity contribution in [1.29, 1.82) is 0 Å². The lowest BCUT2D eigenvalue weighted by Gasteiger charge is -2.19. The maximum atomic E-state index is 12.1. The monoisotopic (exact) mass is 461 g/mol. The molecule has 0 aliphatic heterocycles. The van der Waals surface area contributed by atoms with Gasteiger partial charge in [-0.15, -0.1) is 24.0 Å². The van der Waals surface area contributed by atoms with Crippen LogP contribution in [0.3, 0.4) is 0 Å². The SMILES string of the molecule is CN=C(NCCC(F)(F)F)NCC1(c2cccc(Cl)c2)CC1.I. The number of halogens is 5. The van der Waals surface area contributed by atoms with Gasteiger partial charge in [0.2, 0.25) is 0 Å². The van der Waals surface area contributed by atoms with Gasteiger partial charge in [0, 0.05) is 30.6 Å². The second-order valence-corrected chi connectivity index (χ2v) is 5.94. The number of hydrogen-bond donors (Lipinski definition) is 2. The molecule has 3 nitrogen and oxygen atoms in total. The Balaban J connectivity index is 0.00000264. The van der Waals surface area contributed by atoms with Crippen LogP contribution in [0.4, 0.5) is 13.2 Å². The van der Waals surface area contributed by atoms with E-state index in [1.165, 1.54) is 0 Å². The molecule has 0 amide bonds. The van der Waals surface area contributed by atoms with Gasteiger partial charge in [0.1, 0.15) is 0 Å². The van der Waals surface area contributed by atoms with E-state index in [2.05, 4.69) is 15.6 Å². The van der Waals surface area contributed by atoms with E-state index in [0.717, 1.165) is 18.4 Å². The Kier molecular flexibility index (Phi) is 7.44. The second-order valence-electron chi connectivity index (χ2n) is 5.51. The molecule has 23 heavy (non-hydrogen) atoms. The fourth-order valence-corrected chi connectivity index (χ4v) is 2.52. The summed E-state index contributed by atoms with van der Waals surface area (Å²) in [5, 5.41) is 6.48. The van der Waals surface area contributed by atoms with Gasteiger partial charge in [-0.1, -0.05) is 23.7 Å². The molecular formula is C15H20ClF3IN3. The summed E-state index contributed by atoms with van der Waals surface area (Å²) in [4.78, 5) is 3.95. The lowest BCUT2D eigenvalue weighted by atomic mass is 9.96. The Morgan fingerprint density at radius 1 is 1.30 bits per heavy atom. The van der Waals surface area contributed by atoms with E-state index in [1.54, 1.807) is 7.05 Å². The number of nitrogens with zero attached hydrogens (tertiary/aromatic N) is 1. The van der Waals surface area contributed by atoms with Crippen molar-refractivity contribution in [3.8, 4) is 0 Å². The van der Waals surface area contributed by atoms with Gasteiger partial charge in [0.25, 0.3) is 0 Å². The second kappa shape index (κ2) is 8.41. The molecule has 0 saturated heterocycles. The predicted octanol–water partition coefficient (Wildman–Crippen LogP) is 4.11. The number of hydrogen-bond acceptors (Lipinski definition) is 1. The van der Waals surface area contributed by atoms with Gasteiger partial charge >= 0.3 is 6.18 Å². The largest absolute Gasteiger partial charge is 0.390 e. The van der Waals surface area contributed by atoms with Crippen LogP contribution in [-0.4, -0.2) is 32.3 Å². The van der Waals surface area contributed by atoms with Crippen LogP contribution in [0.25, 0.3) is 0 Å². The Labute approximate surface area is 156 Å². The molecular weight excluding hydrogens is 442 g/mol. The van der Waals surface area contributed by atoms with E-state index in [0.29, 0.717) is 17.5 Å². The van der Waals surface area contributed by atoms with E-state index in [9.17, 15) is 13.2 Å². The highest BCUT2D eigenvalue weighted by molar-refractivity contribution is 14.0. The van der Waals surface area contributed by atoms with E-state index >= 15 is 0 Å². The van der Waals surface area contributed by atoms with Gasteiger partial charge in [-0.05, 0) is 30.5 Å². The summed E-state index contributed by atoms with van der Waals surface area (Å²) in [6.07, 6.45) is -2.99. The maximum Gasteiger partial charge on any atom is 0.390 e. The average Bonchev–Trinajstić information content (AvgIpc) is 3.22. The zero-order valence-electron chi connectivity index (χ0n) is 12.7. The molecule has 1 aromatic carbocycles. The van der Waals surface area contributed by atoms with E-state index in [-0.39, 0.29) is 35.9 Å². The van der Waals surface area contributed by atoms with Crippen LogP contribution >= 0.6 is 35.6 Å². The number of guanidine groups is 1. The molecule has 8 heteroatoms. The lowest BCUT2D eigenvalue weighted by molar-refractivity contribution is -0.132. The molecule has 0 bridgehead atoms. The first-order valence-electron chi connectivity index (χ1n) is 7.12. The van der Waals surface area contributed by atoms with Crippen LogP contribution in [0, 0.1) is 0 Å². The third kappa shape index (κ3) is 6.37. The number of aliphatic imine (C=N–C) groups is 1. The topological polar surface area (TPSA) is 36.4 Å². The minimum Gasteiger partial charge on any atom is -0.356 e. The van der Waals surface area contributed by atoms with Gasteiger partial charge in [-0.25, -0.2) is 0 Å². The minimum atomic E-state index is -4.16. The van der Waals surface area contributed by atoms with Gasteiger partial charge in [0.05, 0.1) is 6.42 Å². The van der Waals surface area contributed by atoms with Gasteiger partial charge in [-0.3, -0.25) is 4.99 Å². The summed E-state index contributed by atoms with van der Waals surface area (Å²) >= 11 is 6.02. The maximum absolute atomic E-state index is 12.1. The van der Waals surface area contributed by atoms with Crippen LogP contribution in [0.2, 0.25) is 5.02 Å². The smallest absolute Gasteiger partial charge is 0.356 e. The van der Waals surface area contributed by atoms with Gasteiger partial charge in [0.15, 0.2) is 5.96 Å². The summed E-state index contributed by atoms with van der Waals surface area (Å²) in [7, 11) is 1.54. The molecule has 0 aromatic heterocycles. The summed E-state index contributed by atoms with van der Waals surface area (Å²) in [5.41, 5.74) is 1.16. The molecule has 0 spiro atoms. The van der Waals surface area contributed by atoms with Crippen molar-refractivity contribution < 1.29 is 13.2 Å². The third-order valence-corrected chi connectivity index (χ3v) is 4.04. The summed E-state index contributed by atoms with van der Waals surface area (Å²) < 4.78 is 36.4. The highest BCUT2D eigenvalue weighted by atomic mass is 127. The zero-order chi connectivity index (χ0) is 16.2. The van der Waals surface area contributed by atoms with Crippen molar-refractivity contribution in [2.24, 2.45) is 4.99 Å². The average molecular weight is 462 g/mol. The first-order valence-corrected chi connectivity index (χ1v) is 7.50. The highest BCUT2D eigenvalue weighted by Gasteiger charge is 2.44. The number of rotatable bonds is 5. The Morgan fingerprint density at radius 2 is 2.00 bits per heavy atom. The van der Waals surface area contributed by atoms with Crippen molar-refractivity contribution in [2.45, 2.75) is 30.9 Å². The Bertz CT molecular complexity index is 545. The fourth-order valence-electron chi connectivity index (χ4n) is 2.33. The van der Waals surface area contributed by atoms with Crippen molar-refractivity contribution in [3.63, 3.8) is 0 Å². The summed E-state index contributed by atoms with van der Waals surface area (Å²) in [5.74, 6) is 0.387. The molecule has 0 radical (unpaired) electrons. The summed E-state index contributed by atoms with van der Waals surface area (Å²) in [6.45, 7) is 0.437. The molecule has 0 unspecified atom stereocenters. The van der Waals surface area contributed by atoms with Crippen LogP contribution in [0.15, 0.2) is 29.3 Å². The number of benzene rings is 1. The van der Waals surface area contributed by atoms with Crippen LogP contribution in [-0.2, 0) is 5.41 Å². The first kappa shape index (κ1) is 20.3. The number of nitrogens with one attached hydrogen (secondary N) is 2. The molecule has 0 heterocycles. The van der Waals surface area contributed by atoms with E-state index in [4.69, 9.17) is 11.6 Å². The van der Waals surface area contributed by atoms with Crippen molar-refractivity contribution in [1.82, 2.24) is 10.6 Å². The third-order valence-electron chi connectivity index (χ3n) is 3.81. The Hall–Kier alpha value is -0.700. The Morgan fingerprint density at radius 3 is 2.52 bits per heavy atom. The normalized spacial score (nSPS) is 16.5. The van der Waals surface area contributed by atoms with Gasteiger partial charge in [-0.2, -0.15) is 13.2 Å². The molecule has 1 aliphatic carbocycles. The highest BCUT2D eigenvalue weighted by Crippen LogP contribution is 2.48. The molecule has 1 aromatic rings. The lowest BCUT2D eigenvalue weighted by Crippen LogP contribution is -2.42. The van der Waals surface area contributed by atoms with E-state index in [1.807, 2.05) is 24.3 Å². The predicted molar refractivity (Wildman–Crippen MR) is 97.8 cm³/mol.